The molecule has 1 aromatic carbocycles. The lowest BCUT2D eigenvalue weighted by molar-refractivity contribution is 0.321. The van der Waals surface area contributed by atoms with Gasteiger partial charge < -0.3 is 5.32 Å². The highest BCUT2D eigenvalue weighted by molar-refractivity contribution is 6.18. The van der Waals surface area contributed by atoms with E-state index in [0.717, 1.165) is 19.0 Å². The molecule has 0 aliphatic heterocycles. The van der Waals surface area contributed by atoms with E-state index in [-0.39, 0.29) is 0 Å². The molecule has 0 spiro atoms. The summed E-state index contributed by atoms with van der Waals surface area (Å²) in [5, 5.41) is 3.60. The molecule has 0 atom stereocenters. The van der Waals surface area contributed by atoms with Gasteiger partial charge in [-0.2, -0.15) is 0 Å². The quantitative estimate of drug-likeness (QED) is 0.580. The van der Waals surface area contributed by atoms with E-state index in [1.54, 1.807) is 0 Å². The summed E-state index contributed by atoms with van der Waals surface area (Å²) in [6.45, 7) is 2.21. The molecule has 0 radical (unpaired) electrons. The molecule has 100 valence electrons. The second kappa shape index (κ2) is 7.16. The zero-order valence-corrected chi connectivity index (χ0v) is 11.9. The molecule has 0 bridgehead atoms. The van der Waals surface area contributed by atoms with Crippen molar-refractivity contribution in [2.45, 2.75) is 38.5 Å². The molecule has 1 nitrogen and oxygen atoms in total. The van der Waals surface area contributed by atoms with Crippen molar-refractivity contribution in [2.75, 3.05) is 19.0 Å². The first-order chi connectivity index (χ1) is 8.85. The molecule has 0 saturated heterocycles. The van der Waals surface area contributed by atoms with Crippen LogP contribution in [0, 0.1) is 5.41 Å². The van der Waals surface area contributed by atoms with Crippen LogP contribution in [-0.4, -0.2) is 19.0 Å². The Labute approximate surface area is 116 Å². The largest absolute Gasteiger partial charge is 0.316 e. The first kappa shape index (κ1) is 13.9. The maximum Gasteiger partial charge on any atom is 0.0292 e. The molecule has 0 heterocycles. The Morgan fingerprint density at radius 1 is 1.11 bits per heavy atom. The molecule has 2 heteroatoms. The third kappa shape index (κ3) is 4.00. The zero-order valence-electron chi connectivity index (χ0n) is 11.1. The number of hydrogen-bond acceptors (Lipinski definition) is 1. The fourth-order valence-corrected chi connectivity index (χ4v) is 3.26. The molecule has 2 rings (SSSR count). The van der Waals surface area contributed by atoms with Crippen molar-refractivity contribution in [3.63, 3.8) is 0 Å². The van der Waals surface area contributed by atoms with E-state index in [0.29, 0.717) is 5.41 Å². The number of hydrogen-bond donors (Lipinski definition) is 1. The Kier molecular flexibility index (Phi) is 5.52. The van der Waals surface area contributed by atoms with Crippen LogP contribution in [0.5, 0.6) is 0 Å². The Balaban J connectivity index is 1.61. The predicted molar refractivity (Wildman–Crippen MR) is 79.3 cm³/mol. The number of aryl methyl sites for hydroxylation is 1. The summed E-state index contributed by atoms with van der Waals surface area (Å²) >= 11 is 6.13. The van der Waals surface area contributed by atoms with Crippen LogP contribution in [0.2, 0.25) is 0 Å². The number of benzene rings is 1. The van der Waals surface area contributed by atoms with Gasteiger partial charge in [0.25, 0.3) is 0 Å². The van der Waals surface area contributed by atoms with Crippen LogP contribution in [0.3, 0.4) is 0 Å². The number of rotatable bonds is 7. The van der Waals surface area contributed by atoms with Crippen LogP contribution in [-0.2, 0) is 6.42 Å². The summed E-state index contributed by atoms with van der Waals surface area (Å²) in [7, 11) is 0. The molecule has 1 N–H and O–H groups in total. The molecule has 1 fully saturated rings. The lowest BCUT2D eigenvalue weighted by Gasteiger charge is -2.26. The van der Waals surface area contributed by atoms with E-state index in [1.165, 1.54) is 44.1 Å². The van der Waals surface area contributed by atoms with Gasteiger partial charge in [0.05, 0.1) is 0 Å². The summed E-state index contributed by atoms with van der Waals surface area (Å²) < 4.78 is 0. The highest BCUT2D eigenvalue weighted by Crippen LogP contribution is 2.38. The third-order valence-electron chi connectivity index (χ3n) is 4.11. The number of nitrogens with one attached hydrogen (secondary N) is 1. The normalized spacial score (nSPS) is 18.1. The highest BCUT2D eigenvalue weighted by atomic mass is 35.5. The molecule has 0 aromatic heterocycles. The third-order valence-corrected chi connectivity index (χ3v) is 4.68. The molecule has 1 aliphatic rings. The second-order valence-electron chi connectivity index (χ2n) is 5.61. The second-order valence-corrected chi connectivity index (χ2v) is 5.87. The minimum absolute atomic E-state index is 0.397. The van der Waals surface area contributed by atoms with E-state index >= 15 is 0 Å². The fourth-order valence-electron chi connectivity index (χ4n) is 2.90. The van der Waals surface area contributed by atoms with Crippen molar-refractivity contribution in [3.8, 4) is 0 Å². The smallest absolute Gasteiger partial charge is 0.0292 e. The van der Waals surface area contributed by atoms with Crippen molar-refractivity contribution < 1.29 is 0 Å². The van der Waals surface area contributed by atoms with Gasteiger partial charge in [-0.25, -0.2) is 0 Å². The molecule has 18 heavy (non-hydrogen) atoms. The first-order valence-electron chi connectivity index (χ1n) is 7.15. The minimum atomic E-state index is 0.397. The summed E-state index contributed by atoms with van der Waals surface area (Å²) in [4.78, 5) is 0. The van der Waals surface area contributed by atoms with Gasteiger partial charge in [-0.05, 0) is 43.2 Å². The average molecular weight is 266 g/mol. The average Bonchev–Trinajstić information content (AvgIpc) is 2.89. The SMILES string of the molecule is ClCC1(CNCCCc2ccccc2)CCCC1. The van der Waals surface area contributed by atoms with E-state index in [2.05, 4.69) is 35.6 Å². The minimum Gasteiger partial charge on any atom is -0.316 e. The number of alkyl halides is 1. The number of halogens is 1. The van der Waals surface area contributed by atoms with Crippen molar-refractivity contribution in [3.05, 3.63) is 35.9 Å². The molecule has 1 aliphatic carbocycles. The van der Waals surface area contributed by atoms with Crippen molar-refractivity contribution in [1.82, 2.24) is 5.32 Å². The standard InChI is InChI=1S/C16H24ClN/c17-13-16(10-4-5-11-16)14-18-12-6-9-15-7-2-1-3-8-15/h1-3,7-8,18H,4-6,9-14H2. The Morgan fingerprint density at radius 2 is 1.83 bits per heavy atom. The van der Waals surface area contributed by atoms with Crippen molar-refractivity contribution in [1.29, 1.82) is 0 Å². The van der Waals surface area contributed by atoms with Crippen LogP contribution < -0.4 is 5.32 Å². The van der Waals surface area contributed by atoms with Gasteiger partial charge in [0.2, 0.25) is 0 Å². The predicted octanol–water partition coefficient (Wildman–Crippen LogP) is 4.01. The maximum atomic E-state index is 6.13. The topological polar surface area (TPSA) is 12.0 Å². The van der Waals surface area contributed by atoms with E-state index in [9.17, 15) is 0 Å². The van der Waals surface area contributed by atoms with Crippen LogP contribution in [0.1, 0.15) is 37.7 Å². The van der Waals surface area contributed by atoms with Crippen LogP contribution in [0.15, 0.2) is 30.3 Å². The van der Waals surface area contributed by atoms with Gasteiger partial charge in [-0.1, -0.05) is 43.2 Å². The molecule has 1 aromatic rings. The van der Waals surface area contributed by atoms with E-state index in [4.69, 9.17) is 11.6 Å². The van der Waals surface area contributed by atoms with Gasteiger partial charge in [-0.15, -0.1) is 11.6 Å². The Bertz CT molecular complexity index is 330. The lowest BCUT2D eigenvalue weighted by atomic mass is 9.88. The molecule has 1 saturated carbocycles. The van der Waals surface area contributed by atoms with Gasteiger partial charge >= 0.3 is 0 Å². The summed E-state index contributed by atoms with van der Waals surface area (Å²) in [5.74, 6) is 0.818. The van der Waals surface area contributed by atoms with Gasteiger partial charge in [0, 0.05) is 12.4 Å². The summed E-state index contributed by atoms with van der Waals surface area (Å²) in [6.07, 6.45) is 7.71. The van der Waals surface area contributed by atoms with Crippen molar-refractivity contribution in [2.24, 2.45) is 5.41 Å². The van der Waals surface area contributed by atoms with Crippen LogP contribution in [0.4, 0.5) is 0 Å². The van der Waals surface area contributed by atoms with E-state index in [1.807, 2.05) is 0 Å². The van der Waals surface area contributed by atoms with E-state index < -0.39 is 0 Å². The summed E-state index contributed by atoms with van der Waals surface area (Å²) in [5.41, 5.74) is 1.83. The molecular weight excluding hydrogens is 242 g/mol. The van der Waals surface area contributed by atoms with Gasteiger partial charge in [-0.3, -0.25) is 0 Å². The molecular formula is C16H24ClN. The molecule has 0 amide bonds. The monoisotopic (exact) mass is 265 g/mol. The van der Waals surface area contributed by atoms with Crippen LogP contribution >= 0.6 is 11.6 Å². The van der Waals surface area contributed by atoms with Crippen LogP contribution in [0.25, 0.3) is 0 Å². The summed E-state index contributed by atoms with van der Waals surface area (Å²) in [6, 6.07) is 10.7. The Hall–Kier alpha value is -0.530. The molecule has 0 unspecified atom stereocenters. The zero-order chi connectivity index (χ0) is 12.7. The lowest BCUT2D eigenvalue weighted by Crippen LogP contribution is -2.34. The Morgan fingerprint density at radius 3 is 2.50 bits per heavy atom. The first-order valence-corrected chi connectivity index (χ1v) is 7.69. The van der Waals surface area contributed by atoms with Gasteiger partial charge in [0.15, 0.2) is 0 Å². The maximum absolute atomic E-state index is 6.13. The highest BCUT2D eigenvalue weighted by Gasteiger charge is 2.32. The fraction of sp³-hybridized carbons (Fsp3) is 0.625. The van der Waals surface area contributed by atoms with Gasteiger partial charge in [0.1, 0.15) is 0 Å². The van der Waals surface area contributed by atoms with Crippen molar-refractivity contribution >= 4 is 11.6 Å².